The van der Waals surface area contributed by atoms with Gasteiger partial charge in [0.2, 0.25) is 0 Å². The molecule has 0 spiro atoms. The molecule has 0 aliphatic carbocycles. The van der Waals surface area contributed by atoms with Crippen LogP contribution >= 0.6 is 0 Å². The summed E-state index contributed by atoms with van der Waals surface area (Å²) in [6.07, 6.45) is 2.17. The van der Waals surface area contributed by atoms with Gasteiger partial charge in [0.05, 0.1) is 0 Å². The Balaban J connectivity index is 2.57. The summed E-state index contributed by atoms with van der Waals surface area (Å²) in [6.45, 7) is 4.09. The summed E-state index contributed by atoms with van der Waals surface area (Å²) in [5.41, 5.74) is 8.31. The normalized spacial score (nSPS) is 14.1. The molecule has 0 aliphatic rings. The highest BCUT2D eigenvalue weighted by atomic mass is 14.6. The second kappa shape index (κ2) is 4.50. The van der Waals surface area contributed by atoms with Gasteiger partial charge in [-0.25, -0.2) is 0 Å². The van der Waals surface area contributed by atoms with Gasteiger partial charge in [-0.15, -0.1) is 0 Å². The molecule has 1 heteroatoms. The van der Waals surface area contributed by atoms with Crippen LogP contribution in [0.3, 0.4) is 0 Å². The second-order valence-corrected chi connectivity index (χ2v) is 4.25. The van der Waals surface area contributed by atoms with E-state index in [2.05, 4.69) is 55.5 Å². The van der Waals surface area contributed by atoms with E-state index in [-0.39, 0.29) is 6.04 Å². The van der Waals surface area contributed by atoms with E-state index in [1.54, 1.807) is 0 Å². The van der Waals surface area contributed by atoms with Crippen LogP contribution in [-0.4, -0.2) is 6.04 Å². The highest BCUT2D eigenvalue weighted by Crippen LogP contribution is 2.21. The van der Waals surface area contributed by atoms with E-state index in [1.165, 1.54) is 21.9 Å². The lowest BCUT2D eigenvalue weighted by Crippen LogP contribution is -2.15. The third-order valence-electron chi connectivity index (χ3n) is 2.92. The molecule has 82 valence electrons. The molecule has 1 nitrogen and oxygen atoms in total. The minimum Gasteiger partial charge on any atom is -0.324 e. The molecule has 0 amide bonds. The highest BCUT2D eigenvalue weighted by molar-refractivity contribution is 5.90. The minimum absolute atomic E-state index is 0.110. The van der Waals surface area contributed by atoms with Crippen molar-refractivity contribution < 1.29 is 0 Å². The Morgan fingerprint density at radius 1 is 1.12 bits per heavy atom. The summed E-state index contributed by atoms with van der Waals surface area (Å²) in [4.78, 5) is 0. The molecule has 0 heterocycles. The number of hydrogen-bond donors (Lipinski definition) is 1. The maximum absolute atomic E-state index is 5.86. The van der Waals surface area contributed by atoms with Gasteiger partial charge in [-0.2, -0.15) is 0 Å². The van der Waals surface area contributed by atoms with Crippen LogP contribution in [0, 0.1) is 0 Å². The maximum atomic E-state index is 5.86. The molecule has 0 saturated heterocycles. The van der Waals surface area contributed by atoms with Crippen LogP contribution in [-0.2, 0) is 0 Å². The van der Waals surface area contributed by atoms with Crippen LogP contribution in [0.5, 0.6) is 0 Å². The van der Waals surface area contributed by atoms with Gasteiger partial charge >= 0.3 is 0 Å². The van der Waals surface area contributed by atoms with Crippen LogP contribution in [0.25, 0.3) is 16.8 Å². The highest BCUT2D eigenvalue weighted by Gasteiger charge is 2.00. The van der Waals surface area contributed by atoms with E-state index in [4.69, 9.17) is 5.73 Å². The fourth-order valence-corrected chi connectivity index (χ4v) is 1.75. The summed E-state index contributed by atoms with van der Waals surface area (Å²) in [5.74, 6) is 0. The molecule has 0 aliphatic heterocycles. The first kappa shape index (κ1) is 10.9. The van der Waals surface area contributed by atoms with Crippen LogP contribution < -0.4 is 5.73 Å². The quantitative estimate of drug-likeness (QED) is 0.807. The number of nitrogens with two attached hydrogens (primary N) is 1. The summed E-state index contributed by atoms with van der Waals surface area (Å²) in [5, 5.41) is 2.55. The number of rotatable bonds is 2. The monoisotopic (exact) mass is 211 g/mol. The van der Waals surface area contributed by atoms with Crippen LogP contribution in [0.2, 0.25) is 0 Å². The summed E-state index contributed by atoms with van der Waals surface area (Å²) in [6, 6.07) is 14.9. The fourth-order valence-electron chi connectivity index (χ4n) is 1.75. The van der Waals surface area contributed by atoms with Crippen molar-refractivity contribution in [1.29, 1.82) is 0 Å². The topological polar surface area (TPSA) is 26.0 Å². The first-order valence-corrected chi connectivity index (χ1v) is 5.60. The van der Waals surface area contributed by atoms with E-state index in [9.17, 15) is 0 Å². The van der Waals surface area contributed by atoms with Gasteiger partial charge in [0.25, 0.3) is 0 Å². The Morgan fingerprint density at radius 3 is 2.56 bits per heavy atom. The SMILES string of the molecule is C/C(=C\c1cccc2ccccc12)C(C)N. The van der Waals surface area contributed by atoms with Gasteiger partial charge in [-0.05, 0) is 30.2 Å². The Hall–Kier alpha value is -1.60. The summed E-state index contributed by atoms with van der Waals surface area (Å²) < 4.78 is 0. The van der Waals surface area contributed by atoms with Gasteiger partial charge in [-0.1, -0.05) is 54.1 Å². The van der Waals surface area contributed by atoms with E-state index < -0.39 is 0 Å². The van der Waals surface area contributed by atoms with Crippen molar-refractivity contribution in [3.05, 3.63) is 53.6 Å². The van der Waals surface area contributed by atoms with Gasteiger partial charge in [0.1, 0.15) is 0 Å². The van der Waals surface area contributed by atoms with Crippen molar-refractivity contribution in [3.63, 3.8) is 0 Å². The van der Waals surface area contributed by atoms with Crippen molar-refractivity contribution in [3.8, 4) is 0 Å². The van der Waals surface area contributed by atoms with E-state index >= 15 is 0 Å². The van der Waals surface area contributed by atoms with Crippen LogP contribution in [0.4, 0.5) is 0 Å². The Morgan fingerprint density at radius 2 is 1.81 bits per heavy atom. The zero-order chi connectivity index (χ0) is 11.5. The summed E-state index contributed by atoms with van der Waals surface area (Å²) >= 11 is 0. The van der Waals surface area contributed by atoms with E-state index in [1.807, 2.05) is 6.92 Å². The Bertz CT molecular complexity index is 518. The molecule has 0 bridgehead atoms. The van der Waals surface area contributed by atoms with Gasteiger partial charge in [0.15, 0.2) is 0 Å². The van der Waals surface area contributed by atoms with Crippen LogP contribution in [0.15, 0.2) is 48.0 Å². The lowest BCUT2D eigenvalue weighted by Gasteiger charge is -2.07. The number of fused-ring (bicyclic) bond motifs is 1. The average Bonchev–Trinajstić information content (AvgIpc) is 2.29. The molecule has 0 aromatic heterocycles. The molecule has 2 N–H and O–H groups in total. The molecule has 2 aromatic rings. The smallest absolute Gasteiger partial charge is 0.0225 e. The zero-order valence-electron chi connectivity index (χ0n) is 9.77. The van der Waals surface area contributed by atoms with Gasteiger partial charge in [0, 0.05) is 6.04 Å². The molecule has 16 heavy (non-hydrogen) atoms. The van der Waals surface area contributed by atoms with Gasteiger partial charge < -0.3 is 5.73 Å². The number of hydrogen-bond acceptors (Lipinski definition) is 1. The largest absolute Gasteiger partial charge is 0.324 e. The van der Waals surface area contributed by atoms with Crippen molar-refractivity contribution in [1.82, 2.24) is 0 Å². The molecular formula is C15H17N. The zero-order valence-corrected chi connectivity index (χ0v) is 9.77. The average molecular weight is 211 g/mol. The van der Waals surface area contributed by atoms with Crippen molar-refractivity contribution in [2.45, 2.75) is 19.9 Å². The fraction of sp³-hybridized carbons (Fsp3) is 0.200. The van der Waals surface area contributed by atoms with Crippen LogP contribution in [0.1, 0.15) is 19.4 Å². The predicted molar refractivity (Wildman–Crippen MR) is 71.2 cm³/mol. The van der Waals surface area contributed by atoms with Crippen molar-refractivity contribution >= 4 is 16.8 Å². The Kier molecular flexibility index (Phi) is 3.07. The second-order valence-electron chi connectivity index (χ2n) is 4.25. The third-order valence-corrected chi connectivity index (χ3v) is 2.92. The molecule has 0 saturated carbocycles. The third kappa shape index (κ3) is 2.15. The molecular weight excluding hydrogens is 194 g/mol. The first-order valence-electron chi connectivity index (χ1n) is 5.60. The first-order chi connectivity index (χ1) is 7.68. The molecule has 0 radical (unpaired) electrons. The molecule has 1 unspecified atom stereocenters. The Labute approximate surface area is 96.6 Å². The predicted octanol–water partition coefficient (Wildman–Crippen LogP) is 3.59. The molecule has 2 rings (SSSR count). The molecule has 1 atom stereocenters. The lowest BCUT2D eigenvalue weighted by molar-refractivity contribution is 0.868. The summed E-state index contributed by atoms with van der Waals surface area (Å²) in [7, 11) is 0. The maximum Gasteiger partial charge on any atom is 0.0225 e. The van der Waals surface area contributed by atoms with Gasteiger partial charge in [-0.3, -0.25) is 0 Å². The number of benzene rings is 2. The minimum atomic E-state index is 0.110. The van der Waals surface area contributed by atoms with E-state index in [0.29, 0.717) is 0 Å². The van der Waals surface area contributed by atoms with E-state index in [0.717, 1.165) is 0 Å². The molecule has 0 fully saturated rings. The van der Waals surface area contributed by atoms with Crippen molar-refractivity contribution in [2.75, 3.05) is 0 Å². The lowest BCUT2D eigenvalue weighted by atomic mass is 10.0. The standard InChI is InChI=1S/C15H17N/c1-11(12(2)16)10-14-8-5-7-13-6-3-4-9-15(13)14/h3-10,12H,16H2,1-2H3/b11-10+. The molecule has 2 aromatic carbocycles. The van der Waals surface area contributed by atoms with Crippen molar-refractivity contribution in [2.24, 2.45) is 5.73 Å².